The standard InChI is InChI=1S/C18H30N4O/c1-5-7-12-19-18(21-14-17(23)22(3)4)20-13-16-11-9-8-10-15(16)6-2/h8-11H,5-7,12-14H2,1-4H3,(H2,19,20,21). The van der Waals surface area contributed by atoms with E-state index in [4.69, 9.17) is 0 Å². The lowest BCUT2D eigenvalue weighted by atomic mass is 10.1. The van der Waals surface area contributed by atoms with Gasteiger partial charge in [0.05, 0.1) is 13.1 Å². The van der Waals surface area contributed by atoms with Crippen molar-refractivity contribution in [3.8, 4) is 0 Å². The van der Waals surface area contributed by atoms with Crippen molar-refractivity contribution >= 4 is 11.9 Å². The average molecular weight is 318 g/mol. The Morgan fingerprint density at radius 1 is 1.13 bits per heavy atom. The van der Waals surface area contributed by atoms with Gasteiger partial charge in [0.25, 0.3) is 0 Å². The molecule has 5 nitrogen and oxygen atoms in total. The molecule has 0 saturated heterocycles. The molecule has 0 aliphatic carbocycles. The summed E-state index contributed by atoms with van der Waals surface area (Å²) in [5.41, 5.74) is 2.54. The first kappa shape index (κ1) is 19.0. The zero-order valence-electron chi connectivity index (χ0n) is 14.9. The summed E-state index contributed by atoms with van der Waals surface area (Å²) in [4.78, 5) is 17.9. The molecule has 1 aromatic carbocycles. The van der Waals surface area contributed by atoms with Crippen LogP contribution in [0.5, 0.6) is 0 Å². The van der Waals surface area contributed by atoms with Crippen LogP contribution < -0.4 is 10.6 Å². The van der Waals surface area contributed by atoms with Crippen LogP contribution in [0.1, 0.15) is 37.8 Å². The van der Waals surface area contributed by atoms with Gasteiger partial charge >= 0.3 is 0 Å². The Balaban J connectivity index is 2.70. The molecule has 0 saturated carbocycles. The van der Waals surface area contributed by atoms with Crippen LogP contribution in [0.2, 0.25) is 0 Å². The predicted octanol–water partition coefficient (Wildman–Crippen LogP) is 2.17. The molecule has 0 spiro atoms. The molecular weight excluding hydrogens is 288 g/mol. The van der Waals surface area contributed by atoms with E-state index in [-0.39, 0.29) is 12.5 Å². The summed E-state index contributed by atoms with van der Waals surface area (Å²) in [7, 11) is 3.51. The highest BCUT2D eigenvalue weighted by Crippen LogP contribution is 2.10. The van der Waals surface area contributed by atoms with Crippen LogP contribution in [0.4, 0.5) is 0 Å². The van der Waals surface area contributed by atoms with E-state index in [1.54, 1.807) is 19.0 Å². The van der Waals surface area contributed by atoms with Crippen LogP contribution in [0.3, 0.4) is 0 Å². The van der Waals surface area contributed by atoms with Crippen molar-refractivity contribution in [3.63, 3.8) is 0 Å². The van der Waals surface area contributed by atoms with Crippen LogP contribution >= 0.6 is 0 Å². The normalized spacial score (nSPS) is 11.2. The summed E-state index contributed by atoms with van der Waals surface area (Å²) in [6.45, 7) is 6.02. The highest BCUT2D eigenvalue weighted by atomic mass is 16.2. The van der Waals surface area contributed by atoms with Crippen molar-refractivity contribution in [2.24, 2.45) is 4.99 Å². The molecule has 2 N–H and O–H groups in total. The number of carbonyl (C=O) groups excluding carboxylic acids is 1. The van der Waals surface area contributed by atoms with Gasteiger partial charge in [-0.2, -0.15) is 0 Å². The van der Waals surface area contributed by atoms with Crippen LogP contribution in [0.25, 0.3) is 0 Å². The van der Waals surface area contributed by atoms with E-state index in [2.05, 4.69) is 47.7 Å². The van der Waals surface area contributed by atoms with Gasteiger partial charge in [-0.1, -0.05) is 44.5 Å². The molecule has 5 heteroatoms. The number of nitrogens with one attached hydrogen (secondary N) is 2. The van der Waals surface area contributed by atoms with Gasteiger partial charge in [0, 0.05) is 20.6 Å². The van der Waals surface area contributed by atoms with Gasteiger partial charge in [-0.25, -0.2) is 4.99 Å². The summed E-state index contributed by atoms with van der Waals surface area (Å²) in [6.07, 6.45) is 3.19. The molecule has 0 bridgehead atoms. The number of likely N-dealkylation sites (N-methyl/N-ethyl adjacent to an activating group) is 1. The van der Waals surface area contributed by atoms with E-state index >= 15 is 0 Å². The van der Waals surface area contributed by atoms with Gasteiger partial charge < -0.3 is 15.5 Å². The van der Waals surface area contributed by atoms with E-state index in [9.17, 15) is 4.79 Å². The first-order valence-corrected chi connectivity index (χ1v) is 8.37. The quantitative estimate of drug-likeness (QED) is 0.439. The van der Waals surface area contributed by atoms with Gasteiger partial charge in [0.2, 0.25) is 5.91 Å². The summed E-state index contributed by atoms with van der Waals surface area (Å²) < 4.78 is 0. The number of benzene rings is 1. The Morgan fingerprint density at radius 2 is 1.83 bits per heavy atom. The number of unbranched alkanes of at least 4 members (excludes halogenated alkanes) is 1. The van der Waals surface area contributed by atoms with E-state index in [0.29, 0.717) is 12.5 Å². The first-order chi connectivity index (χ1) is 11.1. The number of amides is 1. The van der Waals surface area contributed by atoms with Crippen LogP contribution in [0.15, 0.2) is 29.3 Å². The molecule has 0 radical (unpaired) electrons. The molecule has 23 heavy (non-hydrogen) atoms. The largest absolute Gasteiger partial charge is 0.356 e. The summed E-state index contributed by atoms with van der Waals surface area (Å²) >= 11 is 0. The topological polar surface area (TPSA) is 56.7 Å². The molecule has 0 heterocycles. The molecule has 1 aromatic rings. The molecule has 1 rings (SSSR count). The summed E-state index contributed by atoms with van der Waals surface area (Å²) in [5, 5.41) is 6.41. The van der Waals surface area contributed by atoms with Crippen molar-refractivity contribution in [1.29, 1.82) is 0 Å². The molecule has 0 atom stereocenters. The zero-order chi connectivity index (χ0) is 17.1. The highest BCUT2D eigenvalue weighted by Gasteiger charge is 2.06. The van der Waals surface area contributed by atoms with Crippen molar-refractivity contribution < 1.29 is 4.79 Å². The van der Waals surface area contributed by atoms with E-state index in [1.807, 2.05) is 6.07 Å². The van der Waals surface area contributed by atoms with Crippen LogP contribution in [-0.2, 0) is 17.8 Å². The second kappa shape index (κ2) is 10.6. The smallest absolute Gasteiger partial charge is 0.241 e. The van der Waals surface area contributed by atoms with E-state index < -0.39 is 0 Å². The van der Waals surface area contributed by atoms with Crippen molar-refractivity contribution in [3.05, 3.63) is 35.4 Å². The number of guanidine groups is 1. The van der Waals surface area contributed by atoms with E-state index in [0.717, 1.165) is 25.8 Å². The zero-order valence-corrected chi connectivity index (χ0v) is 14.9. The van der Waals surface area contributed by atoms with Crippen molar-refractivity contribution in [1.82, 2.24) is 15.5 Å². The Morgan fingerprint density at radius 3 is 2.43 bits per heavy atom. The van der Waals surface area contributed by atoms with E-state index in [1.165, 1.54) is 11.1 Å². The number of aryl methyl sites for hydroxylation is 1. The maximum atomic E-state index is 11.7. The van der Waals surface area contributed by atoms with Gasteiger partial charge in [-0.05, 0) is 24.0 Å². The fraction of sp³-hybridized carbons (Fsp3) is 0.556. The van der Waals surface area contributed by atoms with Gasteiger partial charge in [-0.15, -0.1) is 0 Å². The molecule has 0 aliphatic heterocycles. The first-order valence-electron chi connectivity index (χ1n) is 8.37. The van der Waals surface area contributed by atoms with Gasteiger partial charge in [0.15, 0.2) is 5.96 Å². The fourth-order valence-electron chi connectivity index (χ4n) is 2.10. The third kappa shape index (κ3) is 7.17. The minimum Gasteiger partial charge on any atom is -0.356 e. The maximum absolute atomic E-state index is 11.7. The Kier molecular flexibility index (Phi) is 8.80. The minimum absolute atomic E-state index is 0.0314. The lowest BCUT2D eigenvalue weighted by Crippen LogP contribution is -2.43. The highest BCUT2D eigenvalue weighted by molar-refractivity contribution is 5.86. The number of hydrogen-bond acceptors (Lipinski definition) is 2. The molecule has 0 aromatic heterocycles. The summed E-state index contributed by atoms with van der Waals surface area (Å²) in [5.74, 6) is 0.725. The Bertz CT molecular complexity index is 511. The second-order valence-electron chi connectivity index (χ2n) is 5.71. The number of nitrogens with zero attached hydrogens (tertiary/aromatic N) is 2. The van der Waals surface area contributed by atoms with Crippen LogP contribution in [0, 0.1) is 0 Å². The lowest BCUT2D eigenvalue weighted by Gasteiger charge is -2.15. The van der Waals surface area contributed by atoms with Crippen molar-refractivity contribution in [2.75, 3.05) is 27.2 Å². The number of carbonyl (C=O) groups is 1. The van der Waals surface area contributed by atoms with Gasteiger partial charge in [-0.3, -0.25) is 4.79 Å². The maximum Gasteiger partial charge on any atom is 0.241 e. The third-order valence-electron chi connectivity index (χ3n) is 3.64. The third-order valence-corrected chi connectivity index (χ3v) is 3.64. The lowest BCUT2D eigenvalue weighted by molar-refractivity contribution is -0.127. The molecule has 1 amide bonds. The number of rotatable bonds is 8. The van der Waals surface area contributed by atoms with Crippen molar-refractivity contribution in [2.45, 2.75) is 39.7 Å². The fourth-order valence-corrected chi connectivity index (χ4v) is 2.10. The Hall–Kier alpha value is -2.04. The molecule has 128 valence electrons. The molecule has 0 aliphatic rings. The number of hydrogen-bond donors (Lipinski definition) is 2. The second-order valence-corrected chi connectivity index (χ2v) is 5.71. The molecule has 0 unspecified atom stereocenters. The van der Waals surface area contributed by atoms with Gasteiger partial charge in [0.1, 0.15) is 0 Å². The SMILES string of the molecule is CCCCNC(=NCc1ccccc1CC)NCC(=O)N(C)C. The van der Waals surface area contributed by atoms with Crippen LogP contribution in [-0.4, -0.2) is 44.0 Å². The average Bonchev–Trinajstić information content (AvgIpc) is 2.56. The molecular formula is C18H30N4O. The summed E-state index contributed by atoms with van der Waals surface area (Å²) in [6, 6.07) is 8.34. The predicted molar refractivity (Wildman–Crippen MR) is 96.6 cm³/mol. The Labute approximate surface area is 140 Å². The minimum atomic E-state index is 0.0314. The monoisotopic (exact) mass is 318 g/mol. The number of aliphatic imine (C=N–C) groups is 1. The molecule has 0 fully saturated rings.